The normalized spacial score (nSPS) is 10.3. The van der Waals surface area contributed by atoms with E-state index < -0.39 is 0 Å². The minimum Gasteiger partial charge on any atom is -0.311 e. The zero-order valence-electron chi connectivity index (χ0n) is 11.5. The van der Waals surface area contributed by atoms with Crippen molar-refractivity contribution >= 4 is 28.8 Å². The molecule has 0 spiro atoms. The number of carbonyl (C=O) groups excluding carboxylic acids is 2. The van der Waals surface area contributed by atoms with Gasteiger partial charge in [-0.1, -0.05) is 6.07 Å². The number of pyridine rings is 1. The van der Waals surface area contributed by atoms with Gasteiger partial charge in [-0.15, -0.1) is 11.3 Å². The highest BCUT2D eigenvalue weighted by molar-refractivity contribution is 7.14. The first kappa shape index (κ1) is 14.4. The minimum atomic E-state index is -0.192. The van der Waals surface area contributed by atoms with Crippen LogP contribution < -0.4 is 5.32 Å². The standard InChI is InChI=1S/C15H16N2O2S/c1-10-3-7-14(16-9-10)17-15(19)8-5-12(18)13-6-4-11(2)20-13/h3-4,6-7,9H,5,8H2,1-2H3,(H,16,17,19). The predicted octanol–water partition coefficient (Wildman–Crippen LogP) is 3.36. The van der Waals surface area contributed by atoms with E-state index in [1.54, 1.807) is 12.3 Å². The second-order valence-corrected chi connectivity index (χ2v) is 5.89. The Morgan fingerprint density at radius 1 is 1.15 bits per heavy atom. The maximum atomic E-state index is 11.9. The van der Waals surface area contributed by atoms with Gasteiger partial charge in [0.1, 0.15) is 5.82 Å². The zero-order chi connectivity index (χ0) is 14.5. The van der Waals surface area contributed by atoms with E-state index in [1.807, 2.05) is 32.0 Å². The summed E-state index contributed by atoms with van der Waals surface area (Å²) < 4.78 is 0. The van der Waals surface area contributed by atoms with E-state index in [1.165, 1.54) is 11.3 Å². The van der Waals surface area contributed by atoms with E-state index in [-0.39, 0.29) is 24.5 Å². The van der Waals surface area contributed by atoms with Crippen molar-refractivity contribution in [1.82, 2.24) is 4.98 Å². The van der Waals surface area contributed by atoms with Crippen LogP contribution in [-0.2, 0) is 4.79 Å². The van der Waals surface area contributed by atoms with Gasteiger partial charge >= 0.3 is 0 Å². The summed E-state index contributed by atoms with van der Waals surface area (Å²) in [6.07, 6.45) is 2.08. The molecule has 20 heavy (non-hydrogen) atoms. The number of hydrogen-bond donors (Lipinski definition) is 1. The summed E-state index contributed by atoms with van der Waals surface area (Å²) in [5, 5.41) is 2.68. The number of thiophene rings is 1. The van der Waals surface area contributed by atoms with Gasteiger partial charge < -0.3 is 5.32 Å². The number of aryl methyl sites for hydroxylation is 2. The van der Waals surface area contributed by atoms with Gasteiger partial charge in [0.05, 0.1) is 4.88 Å². The lowest BCUT2D eigenvalue weighted by molar-refractivity contribution is -0.116. The van der Waals surface area contributed by atoms with Crippen molar-refractivity contribution in [3.05, 3.63) is 45.8 Å². The molecule has 0 saturated heterocycles. The lowest BCUT2D eigenvalue weighted by atomic mass is 10.2. The first-order chi connectivity index (χ1) is 9.54. The number of aromatic nitrogens is 1. The van der Waals surface area contributed by atoms with Gasteiger partial charge in [-0.2, -0.15) is 0 Å². The molecule has 0 saturated carbocycles. The number of nitrogens with zero attached hydrogens (tertiary/aromatic N) is 1. The predicted molar refractivity (Wildman–Crippen MR) is 80.2 cm³/mol. The van der Waals surface area contributed by atoms with Crippen LogP contribution in [0.5, 0.6) is 0 Å². The molecule has 0 aliphatic carbocycles. The van der Waals surface area contributed by atoms with E-state index >= 15 is 0 Å². The maximum absolute atomic E-state index is 11.9. The van der Waals surface area contributed by atoms with Gasteiger partial charge in [-0.25, -0.2) is 4.98 Å². The Morgan fingerprint density at radius 3 is 2.55 bits per heavy atom. The number of rotatable bonds is 5. The van der Waals surface area contributed by atoms with Crippen molar-refractivity contribution in [3.63, 3.8) is 0 Å². The average Bonchev–Trinajstić information content (AvgIpc) is 2.85. The summed E-state index contributed by atoms with van der Waals surface area (Å²) in [4.78, 5) is 29.5. The third-order valence-corrected chi connectivity index (χ3v) is 3.81. The molecule has 0 unspecified atom stereocenters. The van der Waals surface area contributed by atoms with Gasteiger partial charge in [-0.3, -0.25) is 9.59 Å². The van der Waals surface area contributed by atoms with Crippen molar-refractivity contribution in [2.75, 3.05) is 5.32 Å². The van der Waals surface area contributed by atoms with Crippen LogP contribution in [0.2, 0.25) is 0 Å². The Bertz CT molecular complexity index is 617. The molecule has 0 aromatic carbocycles. The van der Waals surface area contributed by atoms with Gasteiger partial charge in [0.15, 0.2) is 5.78 Å². The highest BCUT2D eigenvalue weighted by Crippen LogP contribution is 2.17. The Hall–Kier alpha value is -2.01. The molecule has 2 rings (SSSR count). The fraction of sp³-hybridized carbons (Fsp3) is 0.267. The second-order valence-electron chi connectivity index (χ2n) is 4.60. The van der Waals surface area contributed by atoms with Gasteiger partial charge in [0, 0.05) is 23.9 Å². The lowest BCUT2D eigenvalue weighted by Crippen LogP contribution is -2.14. The molecule has 2 heterocycles. The van der Waals surface area contributed by atoms with Crippen LogP contribution in [0.15, 0.2) is 30.5 Å². The van der Waals surface area contributed by atoms with Crippen LogP contribution in [0.3, 0.4) is 0 Å². The van der Waals surface area contributed by atoms with E-state index in [4.69, 9.17) is 0 Å². The third-order valence-electron chi connectivity index (χ3n) is 2.77. The summed E-state index contributed by atoms with van der Waals surface area (Å²) in [5.74, 6) is 0.332. The topological polar surface area (TPSA) is 59.1 Å². The fourth-order valence-electron chi connectivity index (χ4n) is 1.68. The molecule has 0 fully saturated rings. The van der Waals surface area contributed by atoms with Crippen LogP contribution in [0.1, 0.15) is 33.0 Å². The first-order valence-electron chi connectivity index (χ1n) is 6.37. The van der Waals surface area contributed by atoms with E-state index in [2.05, 4.69) is 10.3 Å². The van der Waals surface area contributed by atoms with Crippen molar-refractivity contribution in [2.45, 2.75) is 26.7 Å². The molecule has 2 aromatic heterocycles. The monoisotopic (exact) mass is 288 g/mol. The number of Topliss-reactive ketones (excluding diaryl/α,β-unsaturated/α-hetero) is 1. The summed E-state index contributed by atoms with van der Waals surface area (Å²) >= 11 is 1.46. The quantitative estimate of drug-likeness (QED) is 0.858. The second kappa shape index (κ2) is 6.43. The van der Waals surface area contributed by atoms with Gasteiger partial charge in [-0.05, 0) is 37.6 Å². The van der Waals surface area contributed by atoms with Crippen molar-refractivity contribution in [2.24, 2.45) is 0 Å². The highest BCUT2D eigenvalue weighted by atomic mass is 32.1. The van der Waals surface area contributed by atoms with Gasteiger partial charge in [0.25, 0.3) is 0 Å². The molecule has 0 aliphatic rings. The molecule has 4 nitrogen and oxygen atoms in total. The number of ketones is 1. The Labute approximate surface area is 121 Å². The molecule has 5 heteroatoms. The molecule has 104 valence electrons. The molecular formula is C15H16N2O2S. The fourth-order valence-corrected chi connectivity index (χ4v) is 2.52. The Kier molecular flexibility index (Phi) is 4.63. The third kappa shape index (κ3) is 3.99. The van der Waals surface area contributed by atoms with E-state index in [0.717, 1.165) is 10.4 Å². The van der Waals surface area contributed by atoms with Crippen molar-refractivity contribution < 1.29 is 9.59 Å². The number of anilines is 1. The molecular weight excluding hydrogens is 272 g/mol. The minimum absolute atomic E-state index is 0.00937. The molecule has 1 amide bonds. The smallest absolute Gasteiger partial charge is 0.225 e. The lowest BCUT2D eigenvalue weighted by Gasteiger charge is -2.03. The van der Waals surface area contributed by atoms with Gasteiger partial charge in [0.2, 0.25) is 5.91 Å². The summed E-state index contributed by atoms with van der Waals surface area (Å²) in [7, 11) is 0. The van der Waals surface area contributed by atoms with Crippen molar-refractivity contribution in [1.29, 1.82) is 0 Å². The molecule has 0 bridgehead atoms. The summed E-state index contributed by atoms with van der Waals surface area (Å²) in [6, 6.07) is 7.34. The molecule has 0 radical (unpaired) electrons. The zero-order valence-corrected chi connectivity index (χ0v) is 12.3. The van der Waals surface area contributed by atoms with Crippen LogP contribution >= 0.6 is 11.3 Å². The molecule has 2 aromatic rings. The Morgan fingerprint density at radius 2 is 1.95 bits per heavy atom. The van der Waals surface area contributed by atoms with E-state index in [0.29, 0.717) is 10.7 Å². The molecule has 0 atom stereocenters. The molecule has 1 N–H and O–H groups in total. The SMILES string of the molecule is Cc1ccc(NC(=O)CCC(=O)c2ccc(C)s2)nc1. The van der Waals surface area contributed by atoms with E-state index in [9.17, 15) is 9.59 Å². The number of carbonyl (C=O) groups is 2. The van der Waals surface area contributed by atoms with Crippen LogP contribution in [-0.4, -0.2) is 16.7 Å². The molecule has 0 aliphatic heterocycles. The summed E-state index contributed by atoms with van der Waals surface area (Å²) in [6.45, 7) is 3.89. The van der Waals surface area contributed by atoms with Crippen LogP contribution in [0.25, 0.3) is 0 Å². The largest absolute Gasteiger partial charge is 0.311 e. The number of hydrogen-bond acceptors (Lipinski definition) is 4. The van der Waals surface area contributed by atoms with Crippen LogP contribution in [0, 0.1) is 13.8 Å². The Balaban J connectivity index is 1.83. The average molecular weight is 288 g/mol. The first-order valence-corrected chi connectivity index (χ1v) is 7.18. The van der Waals surface area contributed by atoms with Crippen LogP contribution in [0.4, 0.5) is 5.82 Å². The maximum Gasteiger partial charge on any atom is 0.225 e. The number of amides is 1. The summed E-state index contributed by atoms with van der Waals surface area (Å²) in [5.41, 5.74) is 1.03. The van der Waals surface area contributed by atoms with Crippen molar-refractivity contribution in [3.8, 4) is 0 Å². The highest BCUT2D eigenvalue weighted by Gasteiger charge is 2.11. The number of nitrogens with one attached hydrogen (secondary N) is 1.